The molecule has 0 saturated carbocycles. The van der Waals surface area contributed by atoms with Gasteiger partial charge in [0.15, 0.2) is 13.2 Å². The molecule has 5 nitrogen and oxygen atoms in total. The van der Waals surface area contributed by atoms with Crippen molar-refractivity contribution in [3.8, 4) is 17.6 Å². The van der Waals surface area contributed by atoms with Crippen LogP contribution >= 0.6 is 0 Å². The first-order valence-corrected chi connectivity index (χ1v) is 6.76. The van der Waals surface area contributed by atoms with E-state index in [0.29, 0.717) is 17.2 Å². The number of aryl methyl sites for hydroxylation is 1. The van der Waals surface area contributed by atoms with E-state index in [1.165, 1.54) is 0 Å². The summed E-state index contributed by atoms with van der Waals surface area (Å²) in [7, 11) is 0. The van der Waals surface area contributed by atoms with E-state index in [-0.39, 0.29) is 19.1 Å². The normalized spacial score (nSPS) is 9.64. The molecular formula is C17H16N2O3. The van der Waals surface area contributed by atoms with Gasteiger partial charge in [-0.05, 0) is 43.3 Å². The lowest BCUT2D eigenvalue weighted by Crippen LogP contribution is -2.20. The van der Waals surface area contributed by atoms with Gasteiger partial charge in [0.1, 0.15) is 17.6 Å². The van der Waals surface area contributed by atoms with E-state index in [9.17, 15) is 4.79 Å². The first kappa shape index (κ1) is 15.4. The molecule has 0 aliphatic heterocycles. The number of carbonyl (C=O) groups is 1. The summed E-state index contributed by atoms with van der Waals surface area (Å²) in [5.74, 6) is 0.989. The minimum atomic E-state index is -0.244. The average molecular weight is 296 g/mol. The Hall–Kier alpha value is -3.00. The zero-order valence-corrected chi connectivity index (χ0v) is 12.2. The molecule has 0 atom stereocenters. The molecule has 0 unspecified atom stereocenters. The lowest BCUT2D eigenvalue weighted by atomic mass is 10.2. The highest BCUT2D eigenvalue weighted by molar-refractivity contribution is 5.91. The van der Waals surface area contributed by atoms with Gasteiger partial charge in [0.05, 0.1) is 0 Å². The van der Waals surface area contributed by atoms with Crippen LogP contribution < -0.4 is 14.8 Å². The Bertz CT molecular complexity index is 658. The monoisotopic (exact) mass is 296 g/mol. The maximum Gasteiger partial charge on any atom is 0.262 e. The lowest BCUT2D eigenvalue weighted by molar-refractivity contribution is -0.118. The largest absolute Gasteiger partial charge is 0.484 e. The summed E-state index contributed by atoms with van der Waals surface area (Å²) in [5.41, 5.74) is 1.78. The van der Waals surface area contributed by atoms with E-state index in [1.807, 2.05) is 37.3 Å². The molecule has 1 amide bonds. The molecule has 112 valence electrons. The molecule has 1 N–H and O–H groups in total. The highest BCUT2D eigenvalue weighted by Crippen LogP contribution is 2.16. The van der Waals surface area contributed by atoms with Crippen LogP contribution in [0.5, 0.6) is 11.5 Å². The molecule has 0 radical (unpaired) electrons. The number of anilines is 1. The van der Waals surface area contributed by atoms with Crippen molar-refractivity contribution >= 4 is 11.6 Å². The standard InChI is InChI=1S/C17H16N2O3/c1-13-2-6-16(7-3-13)22-12-17(20)19-14-4-8-15(9-5-14)21-11-10-18/h2-9H,11-12H2,1H3,(H,19,20). The maximum absolute atomic E-state index is 11.8. The van der Waals surface area contributed by atoms with Crippen LogP contribution in [0, 0.1) is 18.3 Å². The second-order valence-corrected chi connectivity index (χ2v) is 4.62. The number of amides is 1. The summed E-state index contributed by atoms with van der Waals surface area (Å²) in [6.07, 6.45) is 0. The van der Waals surface area contributed by atoms with Crippen LogP contribution in [0.1, 0.15) is 5.56 Å². The van der Waals surface area contributed by atoms with Gasteiger partial charge in [-0.3, -0.25) is 4.79 Å². The van der Waals surface area contributed by atoms with Gasteiger partial charge in [0.2, 0.25) is 0 Å². The van der Waals surface area contributed by atoms with Crippen molar-refractivity contribution in [3.05, 3.63) is 54.1 Å². The topological polar surface area (TPSA) is 71.3 Å². The Morgan fingerprint density at radius 3 is 2.27 bits per heavy atom. The third-order valence-corrected chi connectivity index (χ3v) is 2.83. The van der Waals surface area contributed by atoms with Crippen LogP contribution in [0.3, 0.4) is 0 Å². The summed E-state index contributed by atoms with van der Waals surface area (Å²) < 4.78 is 10.5. The second-order valence-electron chi connectivity index (χ2n) is 4.62. The van der Waals surface area contributed by atoms with Gasteiger partial charge in [-0.15, -0.1) is 0 Å². The summed E-state index contributed by atoms with van der Waals surface area (Å²) in [4.78, 5) is 11.8. The second kappa shape index (κ2) is 7.70. The average Bonchev–Trinajstić information content (AvgIpc) is 2.54. The molecular weight excluding hydrogens is 280 g/mol. The van der Waals surface area contributed by atoms with E-state index in [4.69, 9.17) is 14.7 Å². The molecule has 22 heavy (non-hydrogen) atoms. The Labute approximate surface area is 129 Å². The van der Waals surface area contributed by atoms with Gasteiger partial charge in [-0.1, -0.05) is 17.7 Å². The maximum atomic E-state index is 11.8. The molecule has 2 rings (SSSR count). The fraction of sp³-hybridized carbons (Fsp3) is 0.176. The van der Waals surface area contributed by atoms with Crippen LogP contribution in [-0.2, 0) is 4.79 Å². The summed E-state index contributed by atoms with van der Waals surface area (Å²) in [5, 5.41) is 11.1. The van der Waals surface area contributed by atoms with Crippen molar-refractivity contribution in [2.75, 3.05) is 18.5 Å². The number of hydrogen-bond acceptors (Lipinski definition) is 4. The van der Waals surface area contributed by atoms with Gasteiger partial charge >= 0.3 is 0 Å². The number of ether oxygens (including phenoxy) is 2. The van der Waals surface area contributed by atoms with Crippen LogP contribution in [0.15, 0.2) is 48.5 Å². The minimum Gasteiger partial charge on any atom is -0.484 e. The third kappa shape index (κ3) is 4.84. The Morgan fingerprint density at radius 2 is 1.64 bits per heavy atom. The molecule has 5 heteroatoms. The Morgan fingerprint density at radius 1 is 1.05 bits per heavy atom. The predicted octanol–water partition coefficient (Wildman–Crippen LogP) is 2.91. The zero-order chi connectivity index (χ0) is 15.8. The molecule has 0 aromatic heterocycles. The number of hydrogen-bond donors (Lipinski definition) is 1. The fourth-order valence-electron chi connectivity index (χ4n) is 1.73. The lowest BCUT2D eigenvalue weighted by Gasteiger charge is -2.08. The molecule has 0 saturated heterocycles. The van der Waals surface area contributed by atoms with Crippen molar-refractivity contribution in [1.82, 2.24) is 0 Å². The highest BCUT2D eigenvalue weighted by Gasteiger charge is 2.04. The zero-order valence-electron chi connectivity index (χ0n) is 12.2. The summed E-state index contributed by atoms with van der Waals surface area (Å²) in [6, 6.07) is 16.2. The van der Waals surface area contributed by atoms with Gasteiger partial charge < -0.3 is 14.8 Å². The van der Waals surface area contributed by atoms with Crippen LogP contribution in [0.4, 0.5) is 5.69 Å². The SMILES string of the molecule is Cc1ccc(OCC(=O)Nc2ccc(OCC#N)cc2)cc1. The molecule has 2 aromatic carbocycles. The van der Waals surface area contributed by atoms with E-state index < -0.39 is 0 Å². The number of nitrogens with one attached hydrogen (secondary N) is 1. The van der Waals surface area contributed by atoms with Crippen LogP contribution in [0.25, 0.3) is 0 Å². The molecule has 2 aromatic rings. The molecule has 0 heterocycles. The van der Waals surface area contributed by atoms with E-state index in [1.54, 1.807) is 24.3 Å². The van der Waals surface area contributed by atoms with Crippen molar-refractivity contribution in [2.45, 2.75) is 6.92 Å². The minimum absolute atomic E-state index is 0.00387. The quantitative estimate of drug-likeness (QED) is 0.889. The predicted molar refractivity (Wildman–Crippen MR) is 82.9 cm³/mol. The fourth-order valence-corrected chi connectivity index (χ4v) is 1.73. The van der Waals surface area contributed by atoms with Crippen molar-refractivity contribution in [3.63, 3.8) is 0 Å². The third-order valence-electron chi connectivity index (χ3n) is 2.83. The van der Waals surface area contributed by atoms with Crippen LogP contribution in [-0.4, -0.2) is 19.1 Å². The first-order chi connectivity index (χ1) is 10.7. The number of carbonyl (C=O) groups excluding carboxylic acids is 1. The summed E-state index contributed by atoms with van der Waals surface area (Å²) in [6.45, 7) is 1.92. The van der Waals surface area contributed by atoms with E-state index >= 15 is 0 Å². The number of nitriles is 1. The van der Waals surface area contributed by atoms with Gasteiger partial charge in [-0.25, -0.2) is 0 Å². The Balaban J connectivity index is 1.81. The van der Waals surface area contributed by atoms with Gasteiger partial charge in [0, 0.05) is 5.69 Å². The molecule has 0 aliphatic rings. The first-order valence-electron chi connectivity index (χ1n) is 6.76. The highest BCUT2D eigenvalue weighted by atomic mass is 16.5. The van der Waals surface area contributed by atoms with Crippen LogP contribution in [0.2, 0.25) is 0 Å². The van der Waals surface area contributed by atoms with E-state index in [2.05, 4.69) is 5.32 Å². The number of benzene rings is 2. The molecule has 0 aliphatic carbocycles. The molecule has 0 spiro atoms. The van der Waals surface area contributed by atoms with Crippen molar-refractivity contribution in [1.29, 1.82) is 5.26 Å². The summed E-state index contributed by atoms with van der Waals surface area (Å²) >= 11 is 0. The Kier molecular flexibility index (Phi) is 5.38. The van der Waals surface area contributed by atoms with Crippen molar-refractivity contribution in [2.24, 2.45) is 0 Å². The van der Waals surface area contributed by atoms with Crippen molar-refractivity contribution < 1.29 is 14.3 Å². The number of nitrogens with zero attached hydrogens (tertiary/aromatic N) is 1. The van der Waals surface area contributed by atoms with Gasteiger partial charge in [-0.2, -0.15) is 5.26 Å². The van der Waals surface area contributed by atoms with E-state index in [0.717, 1.165) is 5.56 Å². The molecule has 0 fully saturated rings. The smallest absolute Gasteiger partial charge is 0.262 e. The number of rotatable bonds is 6. The molecule has 0 bridgehead atoms. The van der Waals surface area contributed by atoms with Gasteiger partial charge in [0.25, 0.3) is 5.91 Å².